The number of benzene rings is 2. The monoisotopic (exact) mass is 451 g/mol. The van der Waals surface area contributed by atoms with Crippen molar-refractivity contribution >= 4 is 22.5 Å². The van der Waals surface area contributed by atoms with E-state index >= 15 is 0 Å². The van der Waals surface area contributed by atoms with Crippen LogP contribution in [-0.4, -0.2) is 51.5 Å². The van der Waals surface area contributed by atoms with Gasteiger partial charge in [0.15, 0.2) is 0 Å². The van der Waals surface area contributed by atoms with Crippen LogP contribution in [0.25, 0.3) is 16.9 Å². The highest BCUT2D eigenvalue weighted by molar-refractivity contribution is 5.98. The SMILES string of the molecule is O=C(c1ccc2c(ccn2-c2ncccn2)c1)N1CCN(c2ccc(C(F)(F)F)cc2)CC1. The maximum absolute atomic E-state index is 13.1. The van der Waals surface area contributed by atoms with Gasteiger partial charge in [-0.05, 0) is 54.6 Å². The summed E-state index contributed by atoms with van der Waals surface area (Å²) in [5.74, 6) is 0.499. The normalized spacial score (nSPS) is 14.6. The van der Waals surface area contributed by atoms with Crippen LogP contribution in [0.15, 0.2) is 73.2 Å². The number of halogens is 3. The molecule has 3 heterocycles. The van der Waals surface area contributed by atoms with Crippen molar-refractivity contribution in [2.24, 2.45) is 0 Å². The molecule has 0 radical (unpaired) electrons. The highest BCUT2D eigenvalue weighted by Gasteiger charge is 2.30. The van der Waals surface area contributed by atoms with Gasteiger partial charge >= 0.3 is 6.18 Å². The number of anilines is 1. The van der Waals surface area contributed by atoms with E-state index in [2.05, 4.69) is 9.97 Å². The number of fused-ring (bicyclic) bond motifs is 1. The molecule has 2 aromatic carbocycles. The van der Waals surface area contributed by atoms with Gasteiger partial charge in [0.2, 0.25) is 5.95 Å². The molecule has 168 valence electrons. The van der Waals surface area contributed by atoms with Crippen LogP contribution in [0, 0.1) is 0 Å². The van der Waals surface area contributed by atoms with E-state index in [1.807, 2.05) is 33.9 Å². The minimum absolute atomic E-state index is 0.0623. The van der Waals surface area contributed by atoms with Gasteiger partial charge in [-0.1, -0.05) is 0 Å². The highest BCUT2D eigenvalue weighted by atomic mass is 19.4. The zero-order valence-corrected chi connectivity index (χ0v) is 17.5. The molecular weight excluding hydrogens is 431 g/mol. The van der Waals surface area contributed by atoms with Crippen LogP contribution >= 0.6 is 0 Å². The van der Waals surface area contributed by atoms with Crippen molar-refractivity contribution in [2.75, 3.05) is 31.1 Å². The number of carbonyl (C=O) groups is 1. The van der Waals surface area contributed by atoms with E-state index in [1.54, 1.807) is 29.4 Å². The third-order valence-electron chi connectivity index (χ3n) is 5.83. The Kier molecular flexibility index (Phi) is 5.24. The van der Waals surface area contributed by atoms with Crippen molar-refractivity contribution in [3.05, 3.63) is 84.3 Å². The maximum Gasteiger partial charge on any atom is 0.416 e. The molecule has 1 aliphatic heterocycles. The summed E-state index contributed by atoms with van der Waals surface area (Å²) in [6.07, 6.45) is 0.879. The Morgan fingerprint density at radius 1 is 0.879 bits per heavy atom. The first kappa shape index (κ1) is 21.0. The molecule has 0 atom stereocenters. The van der Waals surface area contributed by atoms with Crippen molar-refractivity contribution in [2.45, 2.75) is 6.18 Å². The number of piperazine rings is 1. The Morgan fingerprint density at radius 2 is 1.58 bits per heavy atom. The summed E-state index contributed by atoms with van der Waals surface area (Å²) in [6, 6.07) is 14.4. The predicted molar refractivity (Wildman–Crippen MR) is 118 cm³/mol. The zero-order valence-electron chi connectivity index (χ0n) is 17.5. The number of hydrogen-bond acceptors (Lipinski definition) is 4. The standard InChI is InChI=1S/C24H20F3N5O/c25-24(26,27)19-3-5-20(6-4-19)30-12-14-31(15-13-30)22(33)18-2-7-21-17(16-18)8-11-32(21)23-28-9-1-10-29-23/h1-11,16H,12-15H2. The van der Waals surface area contributed by atoms with E-state index in [0.717, 1.165) is 28.7 Å². The van der Waals surface area contributed by atoms with Crippen LogP contribution in [0.4, 0.5) is 18.9 Å². The zero-order chi connectivity index (χ0) is 23.0. The maximum atomic E-state index is 13.1. The first-order valence-corrected chi connectivity index (χ1v) is 10.5. The lowest BCUT2D eigenvalue weighted by atomic mass is 10.1. The molecule has 0 unspecified atom stereocenters. The number of aromatic nitrogens is 3. The van der Waals surface area contributed by atoms with Crippen molar-refractivity contribution < 1.29 is 18.0 Å². The molecule has 0 spiro atoms. The summed E-state index contributed by atoms with van der Waals surface area (Å²) >= 11 is 0. The van der Waals surface area contributed by atoms with Crippen molar-refractivity contribution in [3.63, 3.8) is 0 Å². The molecule has 2 aromatic heterocycles. The molecule has 0 N–H and O–H groups in total. The van der Waals surface area contributed by atoms with Gasteiger partial charge in [0.25, 0.3) is 5.91 Å². The van der Waals surface area contributed by atoms with Crippen LogP contribution in [0.1, 0.15) is 15.9 Å². The van der Waals surface area contributed by atoms with E-state index in [4.69, 9.17) is 0 Å². The van der Waals surface area contributed by atoms with Gasteiger partial charge in [0, 0.05) is 61.4 Å². The molecule has 0 bridgehead atoms. The molecule has 0 saturated carbocycles. The fourth-order valence-corrected chi connectivity index (χ4v) is 4.08. The Labute approximate surface area is 187 Å². The third-order valence-corrected chi connectivity index (χ3v) is 5.83. The molecule has 1 aliphatic rings. The minimum Gasteiger partial charge on any atom is -0.368 e. The Morgan fingerprint density at radius 3 is 2.24 bits per heavy atom. The molecule has 4 aromatic rings. The average Bonchev–Trinajstić information content (AvgIpc) is 3.27. The summed E-state index contributed by atoms with van der Waals surface area (Å²) in [5.41, 5.74) is 1.56. The fraction of sp³-hybridized carbons (Fsp3) is 0.208. The second-order valence-corrected chi connectivity index (χ2v) is 7.83. The molecule has 5 rings (SSSR count). The Hall–Kier alpha value is -3.88. The van der Waals surface area contributed by atoms with Crippen molar-refractivity contribution in [3.8, 4) is 5.95 Å². The summed E-state index contributed by atoms with van der Waals surface area (Å²) in [7, 11) is 0. The van der Waals surface area contributed by atoms with Crippen LogP contribution in [0.5, 0.6) is 0 Å². The van der Waals surface area contributed by atoms with Crippen LogP contribution in [0.3, 0.4) is 0 Å². The predicted octanol–water partition coefficient (Wildman–Crippen LogP) is 4.40. The molecule has 1 saturated heterocycles. The van der Waals surface area contributed by atoms with Crippen LogP contribution in [0.2, 0.25) is 0 Å². The van der Waals surface area contributed by atoms with Gasteiger partial charge in [-0.15, -0.1) is 0 Å². The number of alkyl halides is 3. The first-order chi connectivity index (χ1) is 15.9. The second kappa shape index (κ2) is 8.23. The average molecular weight is 451 g/mol. The van der Waals surface area contributed by atoms with E-state index < -0.39 is 11.7 Å². The number of nitrogens with zero attached hydrogens (tertiary/aromatic N) is 5. The van der Waals surface area contributed by atoms with Crippen LogP contribution in [-0.2, 0) is 6.18 Å². The Bertz CT molecular complexity index is 1280. The van der Waals surface area contributed by atoms with Gasteiger partial charge in [0.05, 0.1) is 11.1 Å². The molecule has 33 heavy (non-hydrogen) atoms. The van der Waals surface area contributed by atoms with Crippen molar-refractivity contribution in [1.82, 2.24) is 19.4 Å². The lowest BCUT2D eigenvalue weighted by molar-refractivity contribution is -0.137. The summed E-state index contributed by atoms with van der Waals surface area (Å²) in [5, 5.41) is 0.914. The van der Waals surface area contributed by atoms with E-state index in [9.17, 15) is 18.0 Å². The lowest BCUT2D eigenvalue weighted by Crippen LogP contribution is -2.48. The fourth-order valence-electron chi connectivity index (χ4n) is 4.08. The molecular formula is C24H20F3N5O. The summed E-state index contributed by atoms with van der Waals surface area (Å²) in [4.78, 5) is 25.4. The van der Waals surface area contributed by atoms with E-state index in [-0.39, 0.29) is 5.91 Å². The van der Waals surface area contributed by atoms with Gasteiger partial charge in [-0.25, -0.2) is 9.97 Å². The van der Waals surface area contributed by atoms with Gasteiger partial charge in [-0.2, -0.15) is 13.2 Å². The van der Waals surface area contributed by atoms with E-state index in [0.29, 0.717) is 37.7 Å². The number of amides is 1. The van der Waals surface area contributed by atoms with Gasteiger partial charge < -0.3 is 9.80 Å². The number of hydrogen-bond donors (Lipinski definition) is 0. The molecule has 6 nitrogen and oxygen atoms in total. The van der Waals surface area contributed by atoms with Gasteiger partial charge in [0.1, 0.15) is 0 Å². The molecule has 0 aliphatic carbocycles. The van der Waals surface area contributed by atoms with E-state index in [1.165, 1.54) is 12.1 Å². The molecule has 1 amide bonds. The summed E-state index contributed by atoms with van der Waals surface area (Å²) in [6.45, 7) is 2.11. The topological polar surface area (TPSA) is 54.3 Å². The molecule has 1 fully saturated rings. The second-order valence-electron chi connectivity index (χ2n) is 7.83. The lowest BCUT2D eigenvalue weighted by Gasteiger charge is -2.36. The largest absolute Gasteiger partial charge is 0.416 e. The smallest absolute Gasteiger partial charge is 0.368 e. The first-order valence-electron chi connectivity index (χ1n) is 10.5. The molecule has 9 heteroatoms. The number of rotatable bonds is 3. The summed E-state index contributed by atoms with van der Waals surface area (Å²) < 4.78 is 40.2. The van der Waals surface area contributed by atoms with Gasteiger partial charge in [-0.3, -0.25) is 9.36 Å². The quantitative estimate of drug-likeness (QED) is 0.463. The number of carbonyl (C=O) groups excluding carboxylic acids is 1. The Balaban J connectivity index is 1.27. The highest BCUT2D eigenvalue weighted by Crippen LogP contribution is 2.31. The van der Waals surface area contributed by atoms with Crippen molar-refractivity contribution in [1.29, 1.82) is 0 Å². The minimum atomic E-state index is -4.35. The van der Waals surface area contributed by atoms with Crippen LogP contribution < -0.4 is 4.90 Å². The third kappa shape index (κ3) is 4.13.